The normalized spacial score (nSPS) is 12.6. The zero-order valence-electron chi connectivity index (χ0n) is 15.2. The van der Waals surface area contributed by atoms with Gasteiger partial charge in [-0.15, -0.1) is 0 Å². The lowest BCUT2D eigenvalue weighted by molar-refractivity contribution is -0.348. The Morgan fingerprint density at radius 2 is 1.37 bits per heavy atom. The van der Waals surface area contributed by atoms with E-state index in [2.05, 4.69) is 10.3 Å². The molecule has 0 radical (unpaired) electrons. The van der Waals surface area contributed by atoms with Gasteiger partial charge in [-0.05, 0) is 37.1 Å². The number of aromatic nitrogens is 1. The zero-order chi connectivity index (χ0) is 23.1. The summed E-state index contributed by atoms with van der Waals surface area (Å²) in [5.41, 5.74) is -8.81. The summed E-state index contributed by atoms with van der Waals surface area (Å²) < 4.78 is 92.1. The lowest BCUT2D eigenvalue weighted by Crippen LogP contribution is -2.50. The minimum absolute atomic E-state index is 0.169. The van der Waals surface area contributed by atoms with Crippen molar-refractivity contribution in [3.8, 4) is 0 Å². The maximum atomic E-state index is 14.3. The second kappa shape index (κ2) is 7.58. The second-order valence-electron chi connectivity index (χ2n) is 6.31. The van der Waals surface area contributed by atoms with Gasteiger partial charge in [0.1, 0.15) is 11.4 Å². The van der Waals surface area contributed by atoms with Crippen molar-refractivity contribution in [2.75, 3.05) is 5.32 Å². The number of rotatable bonds is 4. The molecule has 0 aliphatic carbocycles. The third-order valence-corrected chi connectivity index (χ3v) is 4.15. The van der Waals surface area contributed by atoms with E-state index in [-0.39, 0.29) is 22.5 Å². The highest BCUT2D eigenvalue weighted by Gasteiger charge is 2.73. The number of nitrogens with one attached hydrogen (secondary N) is 1. The van der Waals surface area contributed by atoms with Gasteiger partial charge in [0, 0.05) is 11.3 Å². The molecule has 0 saturated heterocycles. The number of amides is 1. The van der Waals surface area contributed by atoms with E-state index in [1.165, 1.54) is 6.07 Å². The minimum Gasteiger partial charge on any atom is -0.477 e. The number of aryl methyl sites for hydroxylation is 2. The number of pyridine rings is 1. The van der Waals surface area contributed by atoms with Crippen LogP contribution in [0.5, 0.6) is 0 Å². The van der Waals surface area contributed by atoms with Gasteiger partial charge in [0.15, 0.2) is 0 Å². The van der Waals surface area contributed by atoms with Gasteiger partial charge < -0.3 is 10.4 Å². The predicted molar refractivity (Wildman–Crippen MR) is 90.0 cm³/mol. The van der Waals surface area contributed by atoms with Crippen molar-refractivity contribution in [1.82, 2.24) is 4.98 Å². The van der Waals surface area contributed by atoms with Crippen LogP contribution in [0.1, 0.15) is 37.7 Å². The van der Waals surface area contributed by atoms with Gasteiger partial charge in [-0.2, -0.15) is 26.3 Å². The minimum atomic E-state index is -6.27. The average molecular weight is 438 g/mol. The number of halogens is 7. The third-order valence-electron chi connectivity index (χ3n) is 4.15. The van der Waals surface area contributed by atoms with E-state index in [0.717, 1.165) is 26.0 Å². The summed E-state index contributed by atoms with van der Waals surface area (Å²) >= 11 is 0. The fraction of sp³-hybridized carbons (Fsp3) is 0.278. The van der Waals surface area contributed by atoms with Crippen molar-refractivity contribution in [3.63, 3.8) is 0 Å². The molecule has 1 amide bonds. The number of aromatic carboxylic acids is 1. The first-order valence-electron chi connectivity index (χ1n) is 8.05. The fourth-order valence-corrected chi connectivity index (χ4v) is 2.71. The molecule has 0 aliphatic heterocycles. The van der Waals surface area contributed by atoms with Crippen molar-refractivity contribution >= 4 is 17.6 Å². The number of benzene rings is 1. The number of hydrogen-bond donors (Lipinski definition) is 2. The van der Waals surface area contributed by atoms with Gasteiger partial charge >= 0.3 is 24.0 Å². The number of carboxylic acids is 1. The first-order valence-corrected chi connectivity index (χ1v) is 8.05. The SMILES string of the molecule is Cc1cc(C(F)(C(F)(F)F)C(F)(F)F)cc(C)c1NC(=O)c1cccc(C(=O)O)n1. The summed E-state index contributed by atoms with van der Waals surface area (Å²) in [6.07, 6.45) is -12.5. The maximum Gasteiger partial charge on any atom is 0.435 e. The molecule has 162 valence electrons. The van der Waals surface area contributed by atoms with Gasteiger partial charge in [0.2, 0.25) is 0 Å². The van der Waals surface area contributed by atoms with E-state index in [1.807, 2.05) is 0 Å². The molecule has 0 fully saturated rings. The molecule has 2 rings (SSSR count). The largest absolute Gasteiger partial charge is 0.477 e. The van der Waals surface area contributed by atoms with Crippen LogP contribution in [0.15, 0.2) is 30.3 Å². The van der Waals surface area contributed by atoms with Crippen molar-refractivity contribution in [3.05, 3.63) is 58.4 Å². The Bertz CT molecular complexity index is 963. The number of anilines is 1. The van der Waals surface area contributed by atoms with E-state index in [1.54, 1.807) is 0 Å². The molecule has 12 heteroatoms. The summed E-state index contributed by atoms with van der Waals surface area (Å²) in [5.74, 6) is -2.38. The molecule has 1 aromatic carbocycles. The molecule has 5 nitrogen and oxygen atoms in total. The topological polar surface area (TPSA) is 79.3 Å². The molecule has 30 heavy (non-hydrogen) atoms. The van der Waals surface area contributed by atoms with E-state index in [9.17, 15) is 40.3 Å². The number of hydrogen-bond acceptors (Lipinski definition) is 3. The Morgan fingerprint density at radius 3 is 1.80 bits per heavy atom. The van der Waals surface area contributed by atoms with Crippen molar-refractivity contribution in [2.24, 2.45) is 0 Å². The van der Waals surface area contributed by atoms with Crippen LogP contribution >= 0.6 is 0 Å². The van der Waals surface area contributed by atoms with E-state index >= 15 is 0 Å². The molecule has 0 unspecified atom stereocenters. The van der Waals surface area contributed by atoms with Crippen LogP contribution in [-0.2, 0) is 5.67 Å². The molecule has 2 aromatic rings. The van der Waals surface area contributed by atoms with E-state index < -0.39 is 41.2 Å². The highest BCUT2D eigenvalue weighted by molar-refractivity contribution is 6.04. The standard InChI is InChI=1S/C18H13F7N2O3/c1-8-6-10(16(19,17(20,21)22)18(23,24)25)7-9(2)13(8)27-14(28)11-4-3-5-12(26-11)15(29)30/h3-7H,1-2H3,(H,27,28)(H,29,30). The molecule has 2 N–H and O–H groups in total. The number of alkyl halides is 7. The molecule has 1 aromatic heterocycles. The molecule has 0 spiro atoms. The van der Waals surface area contributed by atoms with Crippen LogP contribution < -0.4 is 5.32 Å². The second-order valence-corrected chi connectivity index (χ2v) is 6.31. The molecular weight excluding hydrogens is 425 g/mol. The lowest BCUT2D eigenvalue weighted by atomic mass is 9.90. The van der Waals surface area contributed by atoms with Crippen molar-refractivity contribution in [1.29, 1.82) is 0 Å². The molecular formula is C18H13F7N2O3. The summed E-state index contributed by atoms with van der Waals surface area (Å²) in [4.78, 5) is 26.8. The average Bonchev–Trinajstić information content (AvgIpc) is 2.61. The quantitative estimate of drug-likeness (QED) is 0.663. The monoisotopic (exact) mass is 438 g/mol. The van der Waals surface area contributed by atoms with Crippen LogP contribution in [0.4, 0.5) is 36.4 Å². The Labute approximate surface area is 164 Å². The van der Waals surface area contributed by atoms with Crippen LogP contribution in [0.2, 0.25) is 0 Å². The number of carbonyl (C=O) groups is 2. The third kappa shape index (κ3) is 4.07. The van der Waals surface area contributed by atoms with Crippen LogP contribution in [0.3, 0.4) is 0 Å². The molecule has 0 atom stereocenters. The van der Waals surface area contributed by atoms with Gasteiger partial charge in [-0.1, -0.05) is 18.2 Å². The van der Waals surface area contributed by atoms with Crippen LogP contribution in [0.25, 0.3) is 0 Å². The fourth-order valence-electron chi connectivity index (χ4n) is 2.71. The maximum absolute atomic E-state index is 14.3. The van der Waals surface area contributed by atoms with Gasteiger partial charge in [-0.3, -0.25) is 4.79 Å². The molecule has 0 bridgehead atoms. The summed E-state index contributed by atoms with van der Waals surface area (Å²) in [7, 11) is 0. The summed E-state index contributed by atoms with van der Waals surface area (Å²) in [6, 6.07) is 4.16. The van der Waals surface area contributed by atoms with Gasteiger partial charge in [0.25, 0.3) is 5.91 Å². The Hall–Kier alpha value is -3.18. The Kier molecular flexibility index (Phi) is 5.83. The smallest absolute Gasteiger partial charge is 0.435 e. The number of carboxylic acid groups (broad SMARTS) is 1. The summed E-state index contributed by atoms with van der Waals surface area (Å²) in [6.45, 7) is 2.17. The highest BCUT2D eigenvalue weighted by atomic mass is 19.4. The number of nitrogens with zero attached hydrogens (tertiary/aromatic N) is 1. The van der Waals surface area contributed by atoms with Crippen molar-refractivity contribution in [2.45, 2.75) is 31.9 Å². The Morgan fingerprint density at radius 1 is 0.900 bits per heavy atom. The first kappa shape index (κ1) is 23.1. The van der Waals surface area contributed by atoms with Gasteiger partial charge in [0.05, 0.1) is 0 Å². The lowest BCUT2D eigenvalue weighted by Gasteiger charge is -2.31. The van der Waals surface area contributed by atoms with Crippen molar-refractivity contribution < 1.29 is 45.4 Å². The van der Waals surface area contributed by atoms with E-state index in [4.69, 9.17) is 5.11 Å². The Balaban J connectivity index is 2.48. The predicted octanol–water partition coefficient (Wildman–Crippen LogP) is 4.94. The molecule has 1 heterocycles. The first-order chi connectivity index (χ1) is 13.6. The van der Waals surface area contributed by atoms with E-state index in [0.29, 0.717) is 12.1 Å². The summed E-state index contributed by atoms with van der Waals surface area (Å²) in [5, 5.41) is 11.1. The van der Waals surface area contributed by atoms with Gasteiger partial charge in [-0.25, -0.2) is 14.2 Å². The number of carbonyl (C=O) groups excluding carboxylic acids is 1. The van der Waals surface area contributed by atoms with Crippen LogP contribution in [0, 0.1) is 13.8 Å². The highest BCUT2D eigenvalue weighted by Crippen LogP contribution is 2.53. The van der Waals surface area contributed by atoms with Crippen LogP contribution in [-0.4, -0.2) is 34.3 Å². The molecule has 0 aliphatic rings. The molecule has 0 saturated carbocycles. The zero-order valence-corrected chi connectivity index (χ0v) is 15.2.